The number of carbonyl (C=O) groups excluding carboxylic acids is 1. The predicted octanol–water partition coefficient (Wildman–Crippen LogP) is 8.81. The molecule has 6 aromatic rings. The molecule has 0 bridgehead atoms. The zero-order valence-electron chi connectivity index (χ0n) is 27.6. The number of ether oxygens (including phenoxy) is 1. The summed E-state index contributed by atoms with van der Waals surface area (Å²) in [5, 5.41) is 13.6. The number of guanidine groups is 1. The first kappa shape index (κ1) is 37.7. The van der Waals surface area contributed by atoms with Crippen molar-refractivity contribution in [3.05, 3.63) is 151 Å². The zero-order chi connectivity index (χ0) is 38.0. The fraction of sp³-hybridized carbons (Fsp3) is 0.0789. The van der Waals surface area contributed by atoms with Gasteiger partial charge >= 0.3 is 25.8 Å². The molecule has 6 N–H and O–H groups in total. The first-order valence-electron chi connectivity index (χ1n) is 15.7. The number of hydrogen-bond donors (Lipinski definition) is 4. The molecule has 15 heteroatoms. The lowest BCUT2D eigenvalue weighted by Crippen LogP contribution is -2.31. The third-order valence-corrected chi connectivity index (χ3v) is 9.39. The second-order valence-electron chi connectivity index (χ2n) is 11.3. The highest BCUT2D eigenvalue weighted by atomic mass is 31.2. The molecule has 0 heterocycles. The minimum atomic E-state index is -5.08. The van der Waals surface area contributed by atoms with Gasteiger partial charge in [-0.15, -0.1) is 0 Å². The monoisotopic (exact) mass is 744 g/mol. The Morgan fingerprint density at radius 3 is 1.66 bits per heavy atom. The Morgan fingerprint density at radius 1 is 0.717 bits per heavy atom. The summed E-state index contributed by atoms with van der Waals surface area (Å²) in [6.07, 6.45) is -5.90. The number of benzene rings is 6. The number of rotatable bonds is 10. The molecule has 6 aromatic carbocycles. The van der Waals surface area contributed by atoms with E-state index in [9.17, 15) is 18.0 Å². The van der Waals surface area contributed by atoms with Gasteiger partial charge in [0.15, 0.2) is 11.7 Å². The zero-order valence-corrected chi connectivity index (χ0v) is 28.5. The molecule has 0 saturated heterocycles. The molecule has 53 heavy (non-hydrogen) atoms. The Morgan fingerprint density at radius 2 is 1.19 bits per heavy atom. The lowest BCUT2D eigenvalue weighted by Gasteiger charge is -2.28. The molecule has 1 amide bonds. The molecule has 1 atom stereocenters. The highest BCUT2D eigenvalue weighted by Crippen LogP contribution is 2.59. The molecule has 6 rings (SSSR count). The van der Waals surface area contributed by atoms with Gasteiger partial charge < -0.3 is 35.7 Å². The van der Waals surface area contributed by atoms with Crippen LogP contribution in [0.2, 0.25) is 0 Å². The number of amides is 1. The highest BCUT2D eigenvalue weighted by Gasteiger charge is 2.43. The molecular weight excluding hydrogens is 712 g/mol. The van der Waals surface area contributed by atoms with E-state index in [1.165, 1.54) is 0 Å². The summed E-state index contributed by atoms with van der Waals surface area (Å²) >= 11 is 0. The van der Waals surface area contributed by atoms with Crippen LogP contribution in [0.3, 0.4) is 0 Å². The van der Waals surface area contributed by atoms with Crippen molar-refractivity contribution in [3.63, 3.8) is 0 Å². The van der Waals surface area contributed by atoms with Crippen molar-refractivity contribution in [1.82, 2.24) is 5.32 Å². The summed E-state index contributed by atoms with van der Waals surface area (Å²) in [4.78, 5) is 26.3. The SMILES string of the molecule is NC(N)=Nc1ccc(C(NC(=O)OCc2ccccc2)P(=O)(Oc2ccc3ccccc3c2)Oc2ccc3ccccc3c2)cc1.O=C(O)C(F)(F)F. The van der Waals surface area contributed by atoms with E-state index in [2.05, 4.69) is 10.3 Å². The topological polar surface area (TPSA) is 176 Å². The van der Waals surface area contributed by atoms with E-state index in [0.29, 0.717) is 22.7 Å². The van der Waals surface area contributed by atoms with Crippen LogP contribution in [0.4, 0.5) is 23.7 Å². The van der Waals surface area contributed by atoms with Crippen LogP contribution in [0.1, 0.15) is 16.9 Å². The Labute approximate surface area is 301 Å². The van der Waals surface area contributed by atoms with Gasteiger partial charge in [-0.3, -0.25) is 0 Å². The van der Waals surface area contributed by atoms with Crippen LogP contribution in [0, 0.1) is 0 Å². The Hall–Kier alpha value is -6.53. The van der Waals surface area contributed by atoms with Crippen LogP contribution in [0.5, 0.6) is 11.5 Å². The Balaban J connectivity index is 0.000000705. The molecule has 0 aromatic heterocycles. The average Bonchev–Trinajstić information content (AvgIpc) is 3.13. The largest absolute Gasteiger partial charge is 0.490 e. The molecule has 0 fully saturated rings. The van der Waals surface area contributed by atoms with Gasteiger partial charge in [-0.1, -0.05) is 103 Å². The van der Waals surface area contributed by atoms with Crippen LogP contribution in [0.15, 0.2) is 145 Å². The van der Waals surface area contributed by atoms with E-state index < -0.39 is 31.6 Å². The van der Waals surface area contributed by atoms with E-state index in [0.717, 1.165) is 27.1 Å². The van der Waals surface area contributed by atoms with Crippen molar-refractivity contribution < 1.29 is 46.2 Å². The molecule has 0 aliphatic rings. The molecule has 0 radical (unpaired) electrons. The number of nitrogens with two attached hydrogens (primary N) is 2. The van der Waals surface area contributed by atoms with Gasteiger partial charge in [0.1, 0.15) is 18.1 Å². The van der Waals surface area contributed by atoms with Crippen LogP contribution in [0.25, 0.3) is 21.5 Å². The van der Waals surface area contributed by atoms with Crippen LogP contribution in [-0.2, 0) is 20.7 Å². The number of nitrogens with one attached hydrogen (secondary N) is 1. The predicted molar refractivity (Wildman–Crippen MR) is 195 cm³/mol. The number of carboxylic acids is 1. The van der Waals surface area contributed by atoms with Crippen LogP contribution >= 0.6 is 7.60 Å². The number of halogens is 3. The van der Waals surface area contributed by atoms with Crippen LogP contribution in [-0.4, -0.2) is 29.3 Å². The van der Waals surface area contributed by atoms with E-state index in [-0.39, 0.29) is 12.6 Å². The smallest absolute Gasteiger partial charge is 0.475 e. The number of alkyl halides is 3. The van der Waals surface area contributed by atoms with E-state index in [1.807, 2.05) is 91.0 Å². The second kappa shape index (κ2) is 16.7. The third-order valence-electron chi connectivity index (χ3n) is 7.40. The van der Waals surface area contributed by atoms with Crippen molar-refractivity contribution in [3.8, 4) is 11.5 Å². The lowest BCUT2D eigenvalue weighted by molar-refractivity contribution is -0.192. The first-order chi connectivity index (χ1) is 25.3. The molecule has 0 spiro atoms. The summed E-state index contributed by atoms with van der Waals surface area (Å²) in [5.74, 6) is -3.58. The quantitative estimate of drug-likeness (QED) is 0.0607. The van der Waals surface area contributed by atoms with Gasteiger partial charge in [-0.05, 0) is 69.1 Å². The van der Waals surface area contributed by atoms with Crippen molar-refractivity contribution >= 4 is 52.9 Å². The third kappa shape index (κ3) is 10.5. The number of aliphatic carboxylic acids is 1. The minimum Gasteiger partial charge on any atom is -0.475 e. The summed E-state index contributed by atoms with van der Waals surface area (Å²) < 4.78 is 65.1. The number of aliphatic imine (C=N–C) groups is 1. The molecule has 272 valence electrons. The molecule has 11 nitrogen and oxygen atoms in total. The van der Waals surface area contributed by atoms with E-state index in [4.69, 9.17) is 35.2 Å². The molecule has 0 saturated carbocycles. The summed E-state index contributed by atoms with van der Waals surface area (Å²) in [5.41, 5.74) is 12.8. The normalized spacial score (nSPS) is 11.8. The fourth-order valence-corrected chi connectivity index (χ4v) is 6.83. The van der Waals surface area contributed by atoms with E-state index >= 15 is 4.57 Å². The van der Waals surface area contributed by atoms with E-state index in [1.54, 1.807) is 48.5 Å². The highest BCUT2D eigenvalue weighted by molar-refractivity contribution is 7.55. The summed E-state index contributed by atoms with van der Waals surface area (Å²) in [6, 6.07) is 42.0. The van der Waals surface area contributed by atoms with Gasteiger partial charge in [0.05, 0.1) is 5.69 Å². The number of fused-ring (bicyclic) bond motifs is 2. The molecular formula is C38H32F3N4O7P. The van der Waals surface area contributed by atoms with Gasteiger partial charge in [0.2, 0.25) is 0 Å². The summed E-state index contributed by atoms with van der Waals surface area (Å²) in [6.45, 7) is 0.00415. The number of nitrogens with zero attached hydrogens (tertiary/aromatic N) is 1. The average molecular weight is 745 g/mol. The second-order valence-corrected chi connectivity index (χ2v) is 13.2. The standard InChI is InChI=1S/C36H31N4O5P.C2HF3O2/c37-35(38)39-31-18-14-28(15-19-31)34(40-36(41)43-24-25-8-2-1-3-9-25)46(42,44-32-20-16-26-10-4-6-12-29(26)22-32)45-33-21-17-27-11-5-7-13-30(27)23-33;3-2(4,5)1(6)7/h1-23,34H,24H2,(H,40,41)(H4,37,38,39);(H,6,7). The van der Waals surface area contributed by atoms with Gasteiger partial charge in [-0.25, -0.2) is 19.1 Å². The molecule has 0 aliphatic heterocycles. The van der Waals surface area contributed by atoms with Gasteiger partial charge in [0.25, 0.3) is 0 Å². The number of hydrogen-bond acceptors (Lipinski definition) is 7. The number of carbonyl (C=O) groups is 2. The van der Waals surface area contributed by atoms with Crippen molar-refractivity contribution in [2.24, 2.45) is 16.5 Å². The molecule has 0 aliphatic carbocycles. The lowest BCUT2D eigenvalue weighted by atomic mass is 10.1. The van der Waals surface area contributed by atoms with Gasteiger partial charge in [-0.2, -0.15) is 13.2 Å². The maximum Gasteiger partial charge on any atom is 0.490 e. The van der Waals surface area contributed by atoms with Crippen molar-refractivity contribution in [2.75, 3.05) is 0 Å². The Bertz CT molecular complexity index is 2200. The first-order valence-corrected chi connectivity index (χ1v) is 17.3. The number of carboxylic acid groups (broad SMARTS) is 1. The minimum absolute atomic E-state index is 0.00415. The van der Waals surface area contributed by atoms with Crippen LogP contribution < -0.4 is 25.8 Å². The summed E-state index contributed by atoms with van der Waals surface area (Å²) in [7, 11) is -4.34. The van der Waals surface area contributed by atoms with Crippen molar-refractivity contribution in [2.45, 2.75) is 18.6 Å². The van der Waals surface area contributed by atoms with Crippen molar-refractivity contribution in [1.29, 1.82) is 0 Å². The fourth-order valence-electron chi connectivity index (χ4n) is 4.97. The number of alkyl carbamates (subject to hydrolysis) is 1. The Kier molecular flexibility index (Phi) is 11.9. The maximum atomic E-state index is 15.2. The van der Waals surface area contributed by atoms with Gasteiger partial charge in [0, 0.05) is 0 Å². The molecule has 1 unspecified atom stereocenters. The maximum absolute atomic E-state index is 15.2.